The maximum atomic E-state index is 11.9. The lowest BCUT2D eigenvalue weighted by atomic mass is 9.91. The number of hydrogen-bond acceptors (Lipinski definition) is 5. The second-order valence-corrected chi connectivity index (χ2v) is 7.48. The number of hydrogen-bond donors (Lipinski definition) is 1. The van der Waals surface area contributed by atoms with Gasteiger partial charge < -0.3 is 0 Å². The van der Waals surface area contributed by atoms with Crippen molar-refractivity contribution in [2.75, 3.05) is 6.54 Å². The second kappa shape index (κ2) is 6.31. The zero-order valence-electron chi connectivity index (χ0n) is 12.1. The van der Waals surface area contributed by atoms with E-state index >= 15 is 0 Å². The molecule has 0 aliphatic carbocycles. The van der Waals surface area contributed by atoms with Crippen molar-refractivity contribution in [2.45, 2.75) is 26.5 Å². The van der Waals surface area contributed by atoms with Crippen molar-refractivity contribution < 1.29 is 18.1 Å². The first-order valence-corrected chi connectivity index (χ1v) is 7.90. The molecule has 0 spiro atoms. The molecule has 1 N–H and O–H groups in total. The first-order chi connectivity index (χ1) is 9.51. The smallest absolute Gasteiger partial charge is 0.269 e. The summed E-state index contributed by atoms with van der Waals surface area (Å²) < 4.78 is 25.9. The fourth-order valence-corrected chi connectivity index (χ4v) is 2.51. The van der Waals surface area contributed by atoms with Gasteiger partial charge in [-0.05, 0) is 5.56 Å². The van der Waals surface area contributed by atoms with E-state index in [4.69, 9.17) is 0 Å². The topological polar surface area (TPSA) is 106 Å². The number of carbonyl (C=O) groups excluding carboxylic acids is 1. The molecule has 0 bridgehead atoms. The monoisotopic (exact) mass is 314 g/mol. The first kappa shape index (κ1) is 17.3. The fourth-order valence-electron chi connectivity index (χ4n) is 1.43. The Kier molecular flexibility index (Phi) is 5.19. The van der Waals surface area contributed by atoms with Crippen LogP contribution in [-0.4, -0.2) is 25.7 Å². The van der Waals surface area contributed by atoms with Crippen LogP contribution in [0.25, 0.3) is 0 Å². The zero-order chi connectivity index (χ0) is 16.3. The average Bonchev–Trinajstić information content (AvgIpc) is 2.35. The molecule has 0 unspecified atom stereocenters. The zero-order valence-corrected chi connectivity index (χ0v) is 12.9. The number of ketones is 1. The molecule has 116 valence electrons. The van der Waals surface area contributed by atoms with E-state index in [1.54, 1.807) is 20.8 Å². The molecule has 8 heteroatoms. The molecule has 7 nitrogen and oxygen atoms in total. The molecule has 0 saturated carbocycles. The van der Waals surface area contributed by atoms with Gasteiger partial charge in [0.2, 0.25) is 10.0 Å². The molecular formula is C13H18N2O5S. The highest BCUT2D eigenvalue weighted by molar-refractivity contribution is 7.88. The van der Waals surface area contributed by atoms with Crippen molar-refractivity contribution in [1.29, 1.82) is 0 Å². The number of nitrogens with one attached hydrogen (secondary N) is 1. The van der Waals surface area contributed by atoms with Crippen LogP contribution in [0.1, 0.15) is 26.3 Å². The summed E-state index contributed by atoms with van der Waals surface area (Å²) in [5, 5.41) is 10.5. The lowest BCUT2D eigenvalue weighted by Gasteiger charge is -2.16. The van der Waals surface area contributed by atoms with E-state index in [-0.39, 0.29) is 23.8 Å². The van der Waals surface area contributed by atoms with Crippen LogP contribution in [0.3, 0.4) is 0 Å². The van der Waals surface area contributed by atoms with Crippen LogP contribution in [-0.2, 0) is 20.6 Å². The molecule has 21 heavy (non-hydrogen) atoms. The number of Topliss-reactive ketones (excluding diaryl/α,β-unsaturated/α-hetero) is 1. The van der Waals surface area contributed by atoms with Crippen LogP contribution in [0.5, 0.6) is 0 Å². The second-order valence-electron chi connectivity index (χ2n) is 5.68. The Labute approximate surface area is 123 Å². The van der Waals surface area contributed by atoms with Crippen LogP contribution < -0.4 is 4.72 Å². The maximum Gasteiger partial charge on any atom is 0.269 e. The summed E-state index contributed by atoms with van der Waals surface area (Å²) in [6.45, 7) is 4.86. The van der Waals surface area contributed by atoms with Gasteiger partial charge in [-0.3, -0.25) is 14.9 Å². The summed E-state index contributed by atoms with van der Waals surface area (Å²) in [7, 11) is -3.66. The van der Waals surface area contributed by atoms with E-state index < -0.39 is 20.4 Å². The van der Waals surface area contributed by atoms with Crippen molar-refractivity contribution in [2.24, 2.45) is 5.41 Å². The number of nitrogens with zero attached hydrogens (tertiary/aromatic N) is 1. The van der Waals surface area contributed by atoms with Gasteiger partial charge in [0.05, 0.1) is 17.2 Å². The summed E-state index contributed by atoms with van der Waals surface area (Å²) >= 11 is 0. The van der Waals surface area contributed by atoms with Gasteiger partial charge in [0, 0.05) is 17.5 Å². The van der Waals surface area contributed by atoms with E-state index in [0.29, 0.717) is 5.56 Å². The van der Waals surface area contributed by atoms with Crippen LogP contribution >= 0.6 is 0 Å². The van der Waals surface area contributed by atoms with Gasteiger partial charge in [-0.2, -0.15) is 0 Å². The number of benzene rings is 1. The van der Waals surface area contributed by atoms with Crippen molar-refractivity contribution in [3.63, 3.8) is 0 Å². The van der Waals surface area contributed by atoms with Crippen molar-refractivity contribution in [3.05, 3.63) is 39.9 Å². The summed E-state index contributed by atoms with van der Waals surface area (Å²) in [5.41, 5.74) is -0.307. The molecule has 0 aliphatic heterocycles. The summed E-state index contributed by atoms with van der Waals surface area (Å²) in [4.78, 5) is 21.6. The Bertz CT molecular complexity index is 630. The highest BCUT2D eigenvalue weighted by Crippen LogP contribution is 2.15. The Morgan fingerprint density at radius 2 is 1.76 bits per heavy atom. The van der Waals surface area contributed by atoms with Gasteiger partial charge in [0.1, 0.15) is 0 Å². The summed E-state index contributed by atoms with van der Waals surface area (Å²) in [5.74, 6) is -0.544. The van der Waals surface area contributed by atoms with E-state index in [1.165, 1.54) is 24.3 Å². The SMILES string of the molecule is CC(C)(C)C(=O)CNS(=O)(=O)Cc1ccc([N+](=O)[O-])cc1. The number of nitro groups is 1. The molecule has 1 rings (SSSR count). The van der Waals surface area contributed by atoms with Crippen molar-refractivity contribution in [1.82, 2.24) is 4.72 Å². The van der Waals surface area contributed by atoms with Gasteiger partial charge in [-0.15, -0.1) is 0 Å². The lowest BCUT2D eigenvalue weighted by molar-refractivity contribution is -0.384. The Morgan fingerprint density at radius 1 is 1.24 bits per heavy atom. The van der Waals surface area contributed by atoms with Crippen molar-refractivity contribution >= 4 is 21.5 Å². The van der Waals surface area contributed by atoms with E-state index in [1.807, 2.05) is 0 Å². The molecular weight excluding hydrogens is 296 g/mol. The molecule has 0 heterocycles. The standard InChI is InChI=1S/C13H18N2O5S/c1-13(2,3)12(16)8-14-21(19,20)9-10-4-6-11(7-5-10)15(17)18/h4-7,14H,8-9H2,1-3H3. The van der Waals surface area contributed by atoms with Gasteiger partial charge in [-0.25, -0.2) is 13.1 Å². The highest BCUT2D eigenvalue weighted by atomic mass is 32.2. The largest absolute Gasteiger partial charge is 0.298 e. The van der Waals surface area contributed by atoms with E-state index in [9.17, 15) is 23.3 Å². The Morgan fingerprint density at radius 3 is 2.19 bits per heavy atom. The highest BCUT2D eigenvalue weighted by Gasteiger charge is 2.23. The van der Waals surface area contributed by atoms with Gasteiger partial charge in [-0.1, -0.05) is 32.9 Å². The number of sulfonamides is 1. The molecule has 0 aromatic heterocycles. The van der Waals surface area contributed by atoms with Crippen LogP contribution in [0.2, 0.25) is 0 Å². The molecule has 1 aromatic rings. The quantitative estimate of drug-likeness (QED) is 0.634. The maximum absolute atomic E-state index is 11.9. The summed E-state index contributed by atoms with van der Waals surface area (Å²) in [6, 6.07) is 5.24. The minimum atomic E-state index is -3.66. The normalized spacial score (nSPS) is 12.1. The number of carbonyl (C=O) groups is 1. The summed E-state index contributed by atoms with van der Waals surface area (Å²) in [6.07, 6.45) is 0. The molecule has 0 amide bonds. The van der Waals surface area contributed by atoms with Crippen LogP contribution in [0.4, 0.5) is 5.69 Å². The van der Waals surface area contributed by atoms with Gasteiger partial charge in [0.15, 0.2) is 5.78 Å². The van der Waals surface area contributed by atoms with Gasteiger partial charge >= 0.3 is 0 Å². The first-order valence-electron chi connectivity index (χ1n) is 6.25. The Balaban J connectivity index is 2.68. The predicted molar refractivity (Wildman–Crippen MR) is 78.2 cm³/mol. The minimum Gasteiger partial charge on any atom is -0.298 e. The third kappa shape index (κ3) is 5.60. The van der Waals surface area contributed by atoms with Crippen LogP contribution in [0, 0.1) is 15.5 Å². The van der Waals surface area contributed by atoms with Gasteiger partial charge in [0.25, 0.3) is 5.69 Å². The number of non-ortho nitro benzene ring substituents is 1. The third-order valence-corrected chi connectivity index (χ3v) is 4.09. The molecule has 0 saturated heterocycles. The fraction of sp³-hybridized carbons (Fsp3) is 0.462. The minimum absolute atomic E-state index is 0.105. The predicted octanol–water partition coefficient (Wildman–Crippen LogP) is 1.63. The Hall–Kier alpha value is -1.80. The molecule has 0 atom stereocenters. The van der Waals surface area contributed by atoms with Crippen molar-refractivity contribution in [3.8, 4) is 0 Å². The lowest BCUT2D eigenvalue weighted by Crippen LogP contribution is -2.36. The molecule has 0 radical (unpaired) electrons. The van der Waals surface area contributed by atoms with E-state index in [0.717, 1.165) is 0 Å². The average molecular weight is 314 g/mol. The van der Waals surface area contributed by atoms with E-state index in [2.05, 4.69) is 4.72 Å². The number of rotatable bonds is 6. The third-order valence-electron chi connectivity index (χ3n) is 2.79. The molecule has 1 aromatic carbocycles. The molecule has 0 aliphatic rings. The van der Waals surface area contributed by atoms with Crippen LogP contribution in [0.15, 0.2) is 24.3 Å². The number of nitro benzene ring substituents is 1. The molecule has 0 fully saturated rings.